The maximum atomic E-state index is 13.0. The molecule has 2 rings (SSSR count). The zero-order chi connectivity index (χ0) is 18.9. The standard InChI is InChI=1S/C21H24ClNO3/c1-16(17-8-4-2-5-9-17)23(15-7-3-6-10-20(24)25)21(26)18-11-13-19(22)14-12-18/h2,4-5,8-9,11-14,16H,3,6-7,10,15H2,1H3,(H,24,25). The van der Waals surface area contributed by atoms with Crippen LogP contribution in [0.4, 0.5) is 0 Å². The van der Waals surface area contributed by atoms with E-state index in [0.717, 1.165) is 18.4 Å². The van der Waals surface area contributed by atoms with Crippen LogP contribution in [0.3, 0.4) is 0 Å². The number of halogens is 1. The van der Waals surface area contributed by atoms with E-state index in [4.69, 9.17) is 16.7 Å². The molecule has 0 heterocycles. The lowest BCUT2D eigenvalue weighted by Crippen LogP contribution is -2.34. The minimum Gasteiger partial charge on any atom is -0.481 e. The molecule has 0 saturated heterocycles. The molecule has 0 fully saturated rings. The first-order valence-corrected chi connectivity index (χ1v) is 9.20. The quantitative estimate of drug-likeness (QED) is 0.615. The van der Waals surface area contributed by atoms with E-state index < -0.39 is 5.97 Å². The van der Waals surface area contributed by atoms with E-state index in [2.05, 4.69) is 0 Å². The fourth-order valence-corrected chi connectivity index (χ4v) is 3.00. The topological polar surface area (TPSA) is 57.6 Å². The predicted molar refractivity (Wildman–Crippen MR) is 103 cm³/mol. The van der Waals surface area contributed by atoms with Gasteiger partial charge in [0.1, 0.15) is 0 Å². The third-order valence-electron chi connectivity index (χ3n) is 4.39. The molecular formula is C21H24ClNO3. The number of aliphatic carboxylic acids is 1. The van der Waals surface area contributed by atoms with Gasteiger partial charge >= 0.3 is 5.97 Å². The molecule has 0 aromatic heterocycles. The van der Waals surface area contributed by atoms with Crippen molar-refractivity contribution in [2.45, 2.75) is 38.6 Å². The summed E-state index contributed by atoms with van der Waals surface area (Å²) >= 11 is 5.93. The lowest BCUT2D eigenvalue weighted by molar-refractivity contribution is -0.137. The summed E-state index contributed by atoms with van der Waals surface area (Å²) in [6, 6.07) is 16.7. The van der Waals surface area contributed by atoms with E-state index >= 15 is 0 Å². The largest absolute Gasteiger partial charge is 0.481 e. The van der Waals surface area contributed by atoms with Gasteiger partial charge < -0.3 is 10.0 Å². The minimum absolute atomic E-state index is 0.0451. The van der Waals surface area contributed by atoms with E-state index in [9.17, 15) is 9.59 Å². The number of hydrogen-bond acceptors (Lipinski definition) is 2. The Kier molecular flexibility index (Phi) is 7.67. The number of amides is 1. The molecule has 1 N–H and O–H groups in total. The van der Waals surface area contributed by atoms with E-state index in [1.54, 1.807) is 24.3 Å². The Hall–Kier alpha value is -2.33. The predicted octanol–water partition coefficient (Wildman–Crippen LogP) is 5.19. The average Bonchev–Trinajstić information content (AvgIpc) is 2.65. The van der Waals surface area contributed by atoms with Gasteiger partial charge in [-0.15, -0.1) is 0 Å². The van der Waals surface area contributed by atoms with E-state index in [1.807, 2.05) is 42.2 Å². The highest BCUT2D eigenvalue weighted by Gasteiger charge is 2.22. The van der Waals surface area contributed by atoms with Gasteiger partial charge in [-0.05, 0) is 49.6 Å². The second-order valence-electron chi connectivity index (χ2n) is 6.30. The number of carboxylic acids is 1. The molecule has 26 heavy (non-hydrogen) atoms. The smallest absolute Gasteiger partial charge is 0.303 e. The van der Waals surface area contributed by atoms with E-state index in [-0.39, 0.29) is 18.4 Å². The van der Waals surface area contributed by atoms with Gasteiger partial charge in [0, 0.05) is 23.6 Å². The van der Waals surface area contributed by atoms with Crippen molar-refractivity contribution < 1.29 is 14.7 Å². The maximum absolute atomic E-state index is 13.0. The molecule has 0 aliphatic rings. The van der Waals surface area contributed by atoms with Crippen molar-refractivity contribution in [2.24, 2.45) is 0 Å². The van der Waals surface area contributed by atoms with Crippen LogP contribution in [0, 0.1) is 0 Å². The van der Waals surface area contributed by atoms with Gasteiger partial charge in [0.2, 0.25) is 0 Å². The number of nitrogens with zero attached hydrogens (tertiary/aromatic N) is 1. The highest BCUT2D eigenvalue weighted by atomic mass is 35.5. The fraction of sp³-hybridized carbons (Fsp3) is 0.333. The van der Waals surface area contributed by atoms with Crippen LogP contribution in [0.5, 0.6) is 0 Å². The molecule has 5 heteroatoms. The Morgan fingerprint density at radius 3 is 2.27 bits per heavy atom. The Labute approximate surface area is 159 Å². The van der Waals surface area contributed by atoms with Crippen molar-refractivity contribution in [1.29, 1.82) is 0 Å². The SMILES string of the molecule is CC(c1ccccc1)N(CCCCCC(=O)O)C(=O)c1ccc(Cl)cc1. The number of carboxylic acid groups (broad SMARTS) is 1. The Morgan fingerprint density at radius 2 is 1.65 bits per heavy atom. The molecule has 2 aromatic rings. The molecule has 4 nitrogen and oxygen atoms in total. The summed E-state index contributed by atoms with van der Waals surface area (Å²) in [4.78, 5) is 25.5. The molecule has 0 spiro atoms. The molecule has 0 saturated carbocycles. The minimum atomic E-state index is -0.781. The number of carbonyl (C=O) groups is 2. The summed E-state index contributed by atoms with van der Waals surface area (Å²) in [6.45, 7) is 2.59. The van der Waals surface area contributed by atoms with Gasteiger partial charge in [0.25, 0.3) is 5.91 Å². The molecule has 0 radical (unpaired) electrons. The number of rotatable bonds is 9. The first-order valence-electron chi connectivity index (χ1n) is 8.82. The monoisotopic (exact) mass is 373 g/mol. The van der Waals surface area contributed by atoms with Crippen molar-refractivity contribution >= 4 is 23.5 Å². The van der Waals surface area contributed by atoms with Crippen LogP contribution < -0.4 is 0 Å². The Balaban J connectivity index is 2.11. The molecule has 1 atom stereocenters. The lowest BCUT2D eigenvalue weighted by atomic mass is 10.0. The van der Waals surface area contributed by atoms with Crippen LogP contribution in [-0.2, 0) is 4.79 Å². The first kappa shape index (κ1) is 20.0. The number of carbonyl (C=O) groups excluding carboxylic acids is 1. The van der Waals surface area contributed by atoms with Crippen LogP contribution in [0.1, 0.15) is 54.6 Å². The summed E-state index contributed by atoms with van der Waals surface area (Å²) in [6.07, 6.45) is 2.33. The second-order valence-corrected chi connectivity index (χ2v) is 6.73. The normalized spacial score (nSPS) is 11.8. The third kappa shape index (κ3) is 5.88. The summed E-state index contributed by atoms with van der Waals surface area (Å²) in [5.41, 5.74) is 1.67. The van der Waals surface area contributed by atoms with Crippen molar-refractivity contribution in [3.8, 4) is 0 Å². The van der Waals surface area contributed by atoms with E-state index in [0.29, 0.717) is 23.6 Å². The molecule has 138 valence electrons. The highest BCUT2D eigenvalue weighted by molar-refractivity contribution is 6.30. The van der Waals surface area contributed by atoms with Crippen LogP contribution in [0.25, 0.3) is 0 Å². The third-order valence-corrected chi connectivity index (χ3v) is 4.64. The average molecular weight is 374 g/mol. The van der Waals surface area contributed by atoms with Gasteiger partial charge in [0.05, 0.1) is 6.04 Å². The summed E-state index contributed by atoms with van der Waals surface area (Å²) in [7, 11) is 0. The molecule has 0 bridgehead atoms. The molecule has 1 unspecified atom stereocenters. The summed E-state index contributed by atoms with van der Waals surface area (Å²) in [5, 5.41) is 9.34. The zero-order valence-electron chi connectivity index (χ0n) is 14.9. The van der Waals surface area contributed by atoms with Crippen molar-refractivity contribution in [1.82, 2.24) is 4.90 Å². The van der Waals surface area contributed by atoms with Crippen LogP contribution >= 0.6 is 11.6 Å². The fourth-order valence-electron chi connectivity index (χ4n) is 2.88. The van der Waals surface area contributed by atoms with Crippen molar-refractivity contribution in [2.75, 3.05) is 6.54 Å². The number of benzene rings is 2. The van der Waals surface area contributed by atoms with E-state index in [1.165, 1.54) is 0 Å². The molecular weight excluding hydrogens is 350 g/mol. The summed E-state index contributed by atoms with van der Waals surface area (Å²) < 4.78 is 0. The van der Waals surface area contributed by atoms with Gasteiger partial charge in [0.15, 0.2) is 0 Å². The Bertz CT molecular complexity index is 716. The highest BCUT2D eigenvalue weighted by Crippen LogP contribution is 2.23. The molecule has 1 amide bonds. The van der Waals surface area contributed by atoms with Gasteiger partial charge in [-0.3, -0.25) is 9.59 Å². The molecule has 0 aliphatic heterocycles. The summed E-state index contributed by atoms with van der Waals surface area (Å²) in [5.74, 6) is -0.826. The number of hydrogen-bond donors (Lipinski definition) is 1. The van der Waals surface area contributed by atoms with Crippen molar-refractivity contribution in [3.63, 3.8) is 0 Å². The van der Waals surface area contributed by atoms with Gasteiger partial charge in [-0.1, -0.05) is 48.4 Å². The Morgan fingerprint density at radius 1 is 1.00 bits per heavy atom. The molecule has 0 aliphatic carbocycles. The van der Waals surface area contributed by atoms with Crippen LogP contribution in [-0.4, -0.2) is 28.4 Å². The van der Waals surface area contributed by atoms with Gasteiger partial charge in [-0.25, -0.2) is 0 Å². The lowest BCUT2D eigenvalue weighted by Gasteiger charge is -2.30. The maximum Gasteiger partial charge on any atom is 0.303 e. The van der Waals surface area contributed by atoms with Crippen LogP contribution in [0.2, 0.25) is 5.02 Å². The second kappa shape index (κ2) is 9.97. The van der Waals surface area contributed by atoms with Crippen LogP contribution in [0.15, 0.2) is 54.6 Å². The molecule has 2 aromatic carbocycles. The first-order chi connectivity index (χ1) is 12.5. The zero-order valence-corrected chi connectivity index (χ0v) is 15.7. The number of unbranched alkanes of at least 4 members (excludes halogenated alkanes) is 2. The van der Waals surface area contributed by atoms with Crippen molar-refractivity contribution in [3.05, 3.63) is 70.7 Å². The van der Waals surface area contributed by atoms with Gasteiger partial charge in [-0.2, -0.15) is 0 Å².